The topological polar surface area (TPSA) is 9.23 Å². The number of ether oxygens (including phenoxy) is 1. The lowest BCUT2D eigenvalue weighted by Crippen LogP contribution is -1.87. The van der Waals surface area contributed by atoms with E-state index >= 15 is 0 Å². The zero-order valence-corrected chi connectivity index (χ0v) is 10.9. The van der Waals surface area contributed by atoms with Gasteiger partial charge in [-0.05, 0) is 42.5 Å². The fourth-order valence-corrected chi connectivity index (χ4v) is 1.76. The molecule has 0 spiro atoms. The highest BCUT2D eigenvalue weighted by molar-refractivity contribution is 5.66. The molecule has 0 N–H and O–H groups in total. The van der Waals surface area contributed by atoms with Crippen LogP contribution in [0.15, 0.2) is 43.0 Å². The molecule has 0 amide bonds. The second-order valence-corrected chi connectivity index (χ2v) is 4.09. The average molecular weight is 230 g/mol. The van der Waals surface area contributed by atoms with Crippen molar-refractivity contribution in [2.75, 3.05) is 7.11 Å². The van der Waals surface area contributed by atoms with Gasteiger partial charge in [0.25, 0.3) is 0 Å². The molecule has 0 aliphatic carbocycles. The minimum atomic E-state index is 0.910. The summed E-state index contributed by atoms with van der Waals surface area (Å²) in [6, 6.07) is 8.29. The highest BCUT2D eigenvalue weighted by atomic mass is 16.5. The summed E-state index contributed by atoms with van der Waals surface area (Å²) < 4.78 is 5.18. The number of allylic oxidation sites excluding steroid dienone is 3. The Bertz CT molecular complexity index is 360. The van der Waals surface area contributed by atoms with Gasteiger partial charge in [0.15, 0.2) is 0 Å². The van der Waals surface area contributed by atoms with Crippen LogP contribution in [0.2, 0.25) is 0 Å². The van der Waals surface area contributed by atoms with Crippen LogP contribution in [0.5, 0.6) is 5.75 Å². The largest absolute Gasteiger partial charge is 0.497 e. The van der Waals surface area contributed by atoms with E-state index in [1.807, 2.05) is 18.2 Å². The van der Waals surface area contributed by atoms with Gasteiger partial charge in [0.1, 0.15) is 5.75 Å². The minimum Gasteiger partial charge on any atom is -0.497 e. The third kappa shape index (κ3) is 4.48. The predicted molar refractivity (Wildman–Crippen MR) is 75.3 cm³/mol. The maximum absolute atomic E-state index is 5.18. The van der Waals surface area contributed by atoms with Gasteiger partial charge < -0.3 is 4.74 Å². The van der Waals surface area contributed by atoms with Gasteiger partial charge in [-0.1, -0.05) is 37.6 Å². The zero-order valence-electron chi connectivity index (χ0n) is 10.9. The molecule has 92 valence electrons. The first-order chi connectivity index (χ1) is 8.31. The molecule has 0 atom stereocenters. The van der Waals surface area contributed by atoms with Gasteiger partial charge in [0, 0.05) is 0 Å². The molecule has 0 bridgehead atoms. The third-order valence-corrected chi connectivity index (χ3v) is 2.79. The first-order valence-electron chi connectivity index (χ1n) is 6.26. The van der Waals surface area contributed by atoms with Gasteiger partial charge in [-0.2, -0.15) is 0 Å². The molecule has 0 saturated heterocycles. The fourth-order valence-electron chi connectivity index (χ4n) is 1.76. The van der Waals surface area contributed by atoms with Crippen LogP contribution in [-0.2, 0) is 0 Å². The molecule has 0 aliphatic rings. The predicted octanol–water partition coefficient (Wildman–Crippen LogP) is 4.84. The summed E-state index contributed by atoms with van der Waals surface area (Å²) in [5.74, 6) is 0.910. The molecular weight excluding hydrogens is 208 g/mol. The SMILES string of the molecule is C=CC/C=C(/CCCC)c1ccc(OC)cc1. The lowest BCUT2D eigenvalue weighted by molar-refractivity contribution is 0.415. The quantitative estimate of drug-likeness (QED) is 0.609. The van der Waals surface area contributed by atoms with E-state index in [9.17, 15) is 0 Å². The van der Waals surface area contributed by atoms with E-state index in [1.165, 1.54) is 24.0 Å². The van der Waals surface area contributed by atoms with Crippen molar-refractivity contribution in [3.8, 4) is 5.75 Å². The van der Waals surface area contributed by atoms with E-state index in [4.69, 9.17) is 4.74 Å². The summed E-state index contributed by atoms with van der Waals surface area (Å²) in [5, 5.41) is 0. The van der Waals surface area contributed by atoms with Crippen molar-refractivity contribution in [2.45, 2.75) is 32.6 Å². The first kappa shape index (κ1) is 13.6. The Balaban J connectivity index is 2.83. The van der Waals surface area contributed by atoms with E-state index in [1.54, 1.807) is 7.11 Å². The molecule has 0 saturated carbocycles. The number of benzene rings is 1. The summed E-state index contributed by atoms with van der Waals surface area (Å²) in [6.45, 7) is 5.99. The third-order valence-electron chi connectivity index (χ3n) is 2.79. The van der Waals surface area contributed by atoms with Crippen LogP contribution < -0.4 is 4.74 Å². The Hall–Kier alpha value is -1.50. The molecule has 17 heavy (non-hydrogen) atoms. The number of hydrogen-bond donors (Lipinski definition) is 0. The molecule has 0 aliphatic heterocycles. The molecule has 0 radical (unpaired) electrons. The lowest BCUT2D eigenvalue weighted by Gasteiger charge is -2.08. The van der Waals surface area contributed by atoms with Crippen LogP contribution in [0.3, 0.4) is 0 Å². The van der Waals surface area contributed by atoms with Crippen LogP contribution >= 0.6 is 0 Å². The summed E-state index contributed by atoms with van der Waals surface area (Å²) >= 11 is 0. The van der Waals surface area contributed by atoms with Crippen molar-refractivity contribution in [1.82, 2.24) is 0 Å². The molecule has 1 heteroatoms. The Morgan fingerprint density at radius 2 is 2.00 bits per heavy atom. The molecule has 1 aromatic rings. The monoisotopic (exact) mass is 230 g/mol. The molecule has 1 nitrogen and oxygen atoms in total. The van der Waals surface area contributed by atoms with E-state index in [2.05, 4.69) is 31.7 Å². The van der Waals surface area contributed by atoms with Crippen molar-refractivity contribution < 1.29 is 4.74 Å². The van der Waals surface area contributed by atoms with Crippen molar-refractivity contribution in [1.29, 1.82) is 0 Å². The van der Waals surface area contributed by atoms with Gasteiger partial charge in [-0.15, -0.1) is 6.58 Å². The van der Waals surface area contributed by atoms with E-state index in [-0.39, 0.29) is 0 Å². The van der Waals surface area contributed by atoms with Gasteiger partial charge in [0.2, 0.25) is 0 Å². The van der Waals surface area contributed by atoms with Crippen molar-refractivity contribution in [3.05, 3.63) is 48.6 Å². The average Bonchev–Trinajstić information content (AvgIpc) is 2.39. The fraction of sp³-hybridized carbons (Fsp3) is 0.375. The second kappa shape index (κ2) is 7.72. The highest BCUT2D eigenvalue weighted by Crippen LogP contribution is 2.23. The van der Waals surface area contributed by atoms with Crippen LogP contribution in [-0.4, -0.2) is 7.11 Å². The van der Waals surface area contributed by atoms with E-state index < -0.39 is 0 Å². The normalized spacial score (nSPS) is 11.3. The van der Waals surface area contributed by atoms with Gasteiger partial charge in [-0.3, -0.25) is 0 Å². The highest BCUT2D eigenvalue weighted by Gasteiger charge is 2.01. The lowest BCUT2D eigenvalue weighted by atomic mass is 9.99. The standard InChI is InChI=1S/C16H22O/c1-4-6-8-14(9-7-5-2)15-10-12-16(17-3)13-11-15/h4,8,10-13H,1,5-7,9H2,2-3H3/b14-8-. The molecule has 0 aromatic heterocycles. The number of methoxy groups -OCH3 is 1. The molecule has 0 fully saturated rings. The summed E-state index contributed by atoms with van der Waals surface area (Å²) in [4.78, 5) is 0. The Morgan fingerprint density at radius 1 is 1.29 bits per heavy atom. The van der Waals surface area contributed by atoms with Gasteiger partial charge in [-0.25, -0.2) is 0 Å². The molecule has 0 unspecified atom stereocenters. The number of unbranched alkanes of at least 4 members (excludes halogenated alkanes) is 1. The van der Waals surface area contributed by atoms with Crippen molar-refractivity contribution >= 4 is 5.57 Å². The first-order valence-corrected chi connectivity index (χ1v) is 6.26. The van der Waals surface area contributed by atoms with Gasteiger partial charge >= 0.3 is 0 Å². The van der Waals surface area contributed by atoms with E-state index in [0.717, 1.165) is 18.6 Å². The number of hydrogen-bond acceptors (Lipinski definition) is 1. The van der Waals surface area contributed by atoms with Crippen molar-refractivity contribution in [2.24, 2.45) is 0 Å². The maximum atomic E-state index is 5.18. The summed E-state index contributed by atoms with van der Waals surface area (Å²) in [5.41, 5.74) is 2.70. The smallest absolute Gasteiger partial charge is 0.118 e. The molecule has 0 heterocycles. The van der Waals surface area contributed by atoms with Gasteiger partial charge in [0.05, 0.1) is 7.11 Å². The second-order valence-electron chi connectivity index (χ2n) is 4.09. The van der Waals surface area contributed by atoms with Crippen LogP contribution in [0.1, 0.15) is 38.2 Å². The Morgan fingerprint density at radius 3 is 2.53 bits per heavy atom. The van der Waals surface area contributed by atoms with Crippen LogP contribution in [0, 0.1) is 0 Å². The van der Waals surface area contributed by atoms with E-state index in [0.29, 0.717) is 0 Å². The summed E-state index contributed by atoms with van der Waals surface area (Å²) in [6.07, 6.45) is 8.73. The number of rotatable bonds is 7. The van der Waals surface area contributed by atoms with Crippen LogP contribution in [0.25, 0.3) is 5.57 Å². The maximum Gasteiger partial charge on any atom is 0.118 e. The Kier molecular flexibility index (Phi) is 6.16. The summed E-state index contributed by atoms with van der Waals surface area (Å²) in [7, 11) is 1.69. The molecule has 1 aromatic carbocycles. The molecule has 1 rings (SSSR count). The minimum absolute atomic E-state index is 0.910. The Labute approximate surface area is 105 Å². The van der Waals surface area contributed by atoms with Crippen molar-refractivity contribution in [3.63, 3.8) is 0 Å². The van der Waals surface area contributed by atoms with Crippen LogP contribution in [0.4, 0.5) is 0 Å². The zero-order chi connectivity index (χ0) is 12.5. The molecular formula is C16H22O.